The van der Waals surface area contributed by atoms with Gasteiger partial charge in [0, 0.05) is 17.2 Å². The second-order valence-electron chi connectivity index (χ2n) is 4.53. The minimum atomic E-state index is -0.160. The third-order valence-corrected chi connectivity index (χ3v) is 3.31. The van der Waals surface area contributed by atoms with E-state index >= 15 is 0 Å². The number of fused-ring (bicyclic) bond motifs is 1. The Bertz CT molecular complexity index is 371. The Morgan fingerprint density at radius 3 is 3.00 bits per heavy atom. The van der Waals surface area contributed by atoms with Gasteiger partial charge in [0.25, 0.3) is 0 Å². The van der Waals surface area contributed by atoms with Gasteiger partial charge >= 0.3 is 5.97 Å². The highest BCUT2D eigenvalue weighted by molar-refractivity contribution is 5.74. The third-order valence-electron chi connectivity index (χ3n) is 3.31. The van der Waals surface area contributed by atoms with E-state index in [0.717, 1.165) is 24.1 Å². The molecule has 0 aromatic heterocycles. The van der Waals surface area contributed by atoms with Gasteiger partial charge in [-0.05, 0) is 31.4 Å². The summed E-state index contributed by atoms with van der Waals surface area (Å²) in [6.07, 6.45) is 4.10. The van der Waals surface area contributed by atoms with Crippen molar-refractivity contribution in [2.75, 3.05) is 6.54 Å². The minimum Gasteiger partial charge on any atom is -0.426 e. The molecule has 4 N–H and O–H groups in total. The summed E-state index contributed by atoms with van der Waals surface area (Å²) in [6.45, 7) is 2.65. The fourth-order valence-electron chi connectivity index (χ4n) is 2.46. The van der Waals surface area contributed by atoms with E-state index in [9.17, 15) is 4.79 Å². The first kappa shape index (κ1) is 11.2. The molecule has 0 amide bonds. The quantitative estimate of drug-likeness (QED) is 0.684. The number of allylic oxidation sites excluding steroid dienone is 3. The second-order valence-corrected chi connectivity index (χ2v) is 4.53. The van der Waals surface area contributed by atoms with Crippen LogP contribution in [0.15, 0.2) is 23.1 Å². The summed E-state index contributed by atoms with van der Waals surface area (Å²) in [7, 11) is 0. The minimum absolute atomic E-state index is 0.160. The van der Waals surface area contributed by atoms with E-state index in [1.54, 1.807) is 0 Å². The molecular formula is C12H18N2O2. The van der Waals surface area contributed by atoms with Gasteiger partial charge in [-0.25, -0.2) is 0 Å². The van der Waals surface area contributed by atoms with E-state index in [4.69, 9.17) is 16.2 Å². The van der Waals surface area contributed by atoms with Crippen LogP contribution in [0.4, 0.5) is 0 Å². The summed E-state index contributed by atoms with van der Waals surface area (Å²) in [5.74, 6) is 0.984. The van der Waals surface area contributed by atoms with Crippen molar-refractivity contribution in [3.8, 4) is 0 Å². The molecular weight excluding hydrogens is 204 g/mol. The number of nitrogens with two attached hydrogens (primary N) is 2. The SMILES string of the molecule is CC1CC(=O)OC2=CCC(CCN)C(N)=C21. The maximum atomic E-state index is 11.3. The van der Waals surface area contributed by atoms with Crippen LogP contribution in [0.3, 0.4) is 0 Å². The maximum absolute atomic E-state index is 11.3. The molecule has 2 rings (SSSR count). The Hall–Kier alpha value is -1.29. The van der Waals surface area contributed by atoms with Gasteiger partial charge in [-0.3, -0.25) is 4.79 Å². The topological polar surface area (TPSA) is 78.3 Å². The van der Waals surface area contributed by atoms with Crippen molar-refractivity contribution >= 4 is 5.97 Å². The molecule has 16 heavy (non-hydrogen) atoms. The molecule has 0 bridgehead atoms. The van der Waals surface area contributed by atoms with E-state index in [1.165, 1.54) is 0 Å². The van der Waals surface area contributed by atoms with E-state index in [0.29, 0.717) is 24.6 Å². The van der Waals surface area contributed by atoms with Gasteiger partial charge in [-0.1, -0.05) is 6.92 Å². The predicted molar refractivity (Wildman–Crippen MR) is 60.9 cm³/mol. The summed E-state index contributed by atoms with van der Waals surface area (Å²) >= 11 is 0. The molecule has 88 valence electrons. The van der Waals surface area contributed by atoms with E-state index in [1.807, 2.05) is 13.0 Å². The average molecular weight is 222 g/mol. The lowest BCUT2D eigenvalue weighted by Gasteiger charge is -2.31. The molecule has 0 aromatic rings. The van der Waals surface area contributed by atoms with Gasteiger partial charge in [0.15, 0.2) is 0 Å². The lowest BCUT2D eigenvalue weighted by atomic mass is 9.81. The number of carbonyl (C=O) groups is 1. The lowest BCUT2D eigenvalue weighted by molar-refractivity contribution is -0.141. The molecule has 0 spiro atoms. The summed E-state index contributed by atoms with van der Waals surface area (Å²) in [4.78, 5) is 11.3. The van der Waals surface area contributed by atoms with Crippen molar-refractivity contribution in [3.05, 3.63) is 23.1 Å². The Morgan fingerprint density at radius 1 is 1.56 bits per heavy atom. The Balaban J connectivity index is 2.29. The highest BCUT2D eigenvalue weighted by Gasteiger charge is 2.32. The van der Waals surface area contributed by atoms with Crippen LogP contribution in [-0.2, 0) is 9.53 Å². The van der Waals surface area contributed by atoms with Crippen LogP contribution < -0.4 is 11.5 Å². The number of esters is 1. The van der Waals surface area contributed by atoms with Crippen LogP contribution in [-0.4, -0.2) is 12.5 Å². The average Bonchev–Trinajstić information content (AvgIpc) is 2.21. The monoisotopic (exact) mass is 222 g/mol. The highest BCUT2D eigenvalue weighted by Crippen LogP contribution is 2.38. The van der Waals surface area contributed by atoms with Crippen molar-refractivity contribution in [1.29, 1.82) is 0 Å². The summed E-state index contributed by atoms with van der Waals surface area (Å²) in [6, 6.07) is 0. The van der Waals surface area contributed by atoms with Crippen molar-refractivity contribution < 1.29 is 9.53 Å². The first-order valence-electron chi connectivity index (χ1n) is 5.74. The van der Waals surface area contributed by atoms with E-state index in [2.05, 4.69) is 0 Å². The smallest absolute Gasteiger partial charge is 0.311 e. The number of carbonyl (C=O) groups excluding carboxylic acids is 1. The number of rotatable bonds is 2. The van der Waals surface area contributed by atoms with Gasteiger partial charge < -0.3 is 16.2 Å². The molecule has 2 atom stereocenters. The van der Waals surface area contributed by atoms with Crippen LogP contribution >= 0.6 is 0 Å². The largest absolute Gasteiger partial charge is 0.426 e. The van der Waals surface area contributed by atoms with Gasteiger partial charge in [-0.2, -0.15) is 0 Å². The first-order valence-corrected chi connectivity index (χ1v) is 5.74. The van der Waals surface area contributed by atoms with Gasteiger partial charge in [0.2, 0.25) is 0 Å². The van der Waals surface area contributed by atoms with Crippen molar-refractivity contribution in [1.82, 2.24) is 0 Å². The normalized spacial score (nSPS) is 29.6. The van der Waals surface area contributed by atoms with Crippen LogP contribution in [0.1, 0.15) is 26.2 Å². The first-order chi connectivity index (χ1) is 7.63. The molecule has 1 heterocycles. The molecule has 1 fully saturated rings. The van der Waals surface area contributed by atoms with E-state index < -0.39 is 0 Å². The van der Waals surface area contributed by atoms with Gasteiger partial charge in [0.05, 0.1) is 6.42 Å². The Labute approximate surface area is 95.3 Å². The van der Waals surface area contributed by atoms with Crippen LogP contribution in [0.2, 0.25) is 0 Å². The molecule has 0 saturated carbocycles. The Morgan fingerprint density at radius 2 is 2.31 bits per heavy atom. The summed E-state index contributed by atoms with van der Waals surface area (Å²) in [5, 5.41) is 0. The van der Waals surface area contributed by atoms with Gasteiger partial charge in [0.1, 0.15) is 5.76 Å². The predicted octanol–water partition coefficient (Wildman–Crippen LogP) is 1.03. The number of hydrogen-bond donors (Lipinski definition) is 2. The maximum Gasteiger partial charge on any atom is 0.311 e. The van der Waals surface area contributed by atoms with E-state index in [-0.39, 0.29) is 11.9 Å². The van der Waals surface area contributed by atoms with Crippen LogP contribution in [0.25, 0.3) is 0 Å². The van der Waals surface area contributed by atoms with Crippen molar-refractivity contribution in [2.24, 2.45) is 23.3 Å². The molecule has 1 saturated heterocycles. The molecule has 0 aromatic carbocycles. The van der Waals surface area contributed by atoms with Crippen molar-refractivity contribution in [2.45, 2.75) is 26.2 Å². The number of ether oxygens (including phenoxy) is 1. The molecule has 1 aliphatic heterocycles. The number of hydrogen-bond acceptors (Lipinski definition) is 4. The standard InChI is InChI=1S/C12H18N2O2/c1-7-6-10(15)16-9-3-2-8(4-5-13)12(14)11(7)9/h3,7-8H,2,4-6,13-14H2,1H3. The zero-order valence-corrected chi connectivity index (χ0v) is 9.53. The summed E-state index contributed by atoms with van der Waals surface area (Å²) < 4.78 is 5.21. The Kier molecular flexibility index (Phi) is 3.01. The fourth-order valence-corrected chi connectivity index (χ4v) is 2.46. The van der Waals surface area contributed by atoms with Crippen molar-refractivity contribution in [3.63, 3.8) is 0 Å². The van der Waals surface area contributed by atoms with Crippen LogP contribution in [0.5, 0.6) is 0 Å². The molecule has 4 nitrogen and oxygen atoms in total. The van der Waals surface area contributed by atoms with Crippen LogP contribution in [0, 0.1) is 11.8 Å². The third kappa shape index (κ3) is 1.85. The molecule has 4 heteroatoms. The fraction of sp³-hybridized carbons (Fsp3) is 0.583. The molecule has 0 radical (unpaired) electrons. The lowest BCUT2D eigenvalue weighted by Crippen LogP contribution is -2.29. The molecule has 2 aliphatic rings. The highest BCUT2D eigenvalue weighted by atomic mass is 16.5. The molecule has 1 aliphatic carbocycles. The van der Waals surface area contributed by atoms with Gasteiger partial charge in [-0.15, -0.1) is 0 Å². The molecule has 2 unspecified atom stereocenters. The second kappa shape index (κ2) is 4.29. The summed E-state index contributed by atoms with van der Waals surface area (Å²) in [5.41, 5.74) is 13.6. The zero-order chi connectivity index (χ0) is 11.7. The zero-order valence-electron chi connectivity index (χ0n) is 9.53.